The highest BCUT2D eigenvalue weighted by molar-refractivity contribution is 5.80. The molecule has 0 saturated carbocycles. The molecule has 1 heterocycles. The molecule has 0 bridgehead atoms. The summed E-state index contributed by atoms with van der Waals surface area (Å²) in [7, 11) is 5.33. The molecule has 1 saturated heterocycles. The van der Waals surface area contributed by atoms with Crippen LogP contribution >= 0.6 is 0 Å². The molecule has 4 unspecified atom stereocenters. The molecule has 0 amide bonds. The van der Waals surface area contributed by atoms with Gasteiger partial charge in [-0.1, -0.05) is 0 Å². The number of rotatable bonds is 6. The van der Waals surface area contributed by atoms with Crippen molar-refractivity contribution < 1.29 is 14.3 Å². The second-order valence-electron chi connectivity index (χ2n) is 5.72. The molecule has 1 fully saturated rings. The van der Waals surface area contributed by atoms with Crippen molar-refractivity contribution in [3.63, 3.8) is 0 Å². The van der Waals surface area contributed by atoms with Gasteiger partial charge in [-0.05, 0) is 47.7 Å². The number of carbonyl (C=O) groups excluding carboxylic acids is 1. The molecule has 0 spiro atoms. The number of nitrogens with zero attached hydrogens (tertiary/aromatic N) is 1. The number of methoxy groups -OCH3 is 1. The van der Waals surface area contributed by atoms with Crippen molar-refractivity contribution in [2.24, 2.45) is 0 Å². The summed E-state index contributed by atoms with van der Waals surface area (Å²) in [6, 6.07) is 0.694. The summed E-state index contributed by atoms with van der Waals surface area (Å²) in [6.45, 7) is 6.96. The van der Waals surface area contributed by atoms with Crippen molar-refractivity contribution in [3.8, 4) is 0 Å². The Morgan fingerprint density at radius 2 is 2.26 bits per heavy atom. The second kappa shape index (κ2) is 6.68. The quantitative estimate of drug-likeness (QED) is 0.732. The van der Waals surface area contributed by atoms with E-state index in [1.165, 1.54) is 7.11 Å². The summed E-state index contributed by atoms with van der Waals surface area (Å²) in [5.41, 5.74) is -0.648. The number of hydrogen-bond donors (Lipinski definition) is 1. The van der Waals surface area contributed by atoms with Crippen LogP contribution in [0.1, 0.15) is 33.6 Å². The molecule has 0 radical (unpaired) electrons. The highest BCUT2D eigenvalue weighted by atomic mass is 16.5. The molecule has 0 aromatic heterocycles. The van der Waals surface area contributed by atoms with Gasteiger partial charge >= 0.3 is 5.97 Å². The SMILES string of the molecule is CNC(C)(CC(C)N(C)C1CCOC1C)C(=O)OC. The molecule has 0 aromatic carbocycles. The average Bonchev–Trinajstić information content (AvgIpc) is 2.82. The second-order valence-corrected chi connectivity index (χ2v) is 5.72. The Morgan fingerprint density at radius 3 is 2.68 bits per heavy atom. The van der Waals surface area contributed by atoms with Gasteiger partial charge < -0.3 is 14.8 Å². The maximum absolute atomic E-state index is 11.9. The molecule has 112 valence electrons. The molecule has 4 atom stereocenters. The molecular weight excluding hydrogens is 244 g/mol. The lowest BCUT2D eigenvalue weighted by Crippen LogP contribution is -2.54. The molecule has 0 aromatic rings. The lowest BCUT2D eigenvalue weighted by Gasteiger charge is -2.37. The van der Waals surface area contributed by atoms with Crippen LogP contribution in [0.2, 0.25) is 0 Å². The summed E-state index contributed by atoms with van der Waals surface area (Å²) in [4.78, 5) is 14.2. The Labute approximate surface area is 116 Å². The van der Waals surface area contributed by atoms with Crippen molar-refractivity contribution in [3.05, 3.63) is 0 Å². The van der Waals surface area contributed by atoms with Gasteiger partial charge in [0.15, 0.2) is 0 Å². The van der Waals surface area contributed by atoms with E-state index in [0.717, 1.165) is 13.0 Å². The topological polar surface area (TPSA) is 50.8 Å². The van der Waals surface area contributed by atoms with Crippen LogP contribution < -0.4 is 5.32 Å². The van der Waals surface area contributed by atoms with Gasteiger partial charge in [0.25, 0.3) is 0 Å². The van der Waals surface area contributed by atoms with Gasteiger partial charge in [0, 0.05) is 18.7 Å². The van der Waals surface area contributed by atoms with Crippen LogP contribution in [0.5, 0.6) is 0 Å². The van der Waals surface area contributed by atoms with E-state index >= 15 is 0 Å². The summed E-state index contributed by atoms with van der Waals surface area (Å²) in [6.07, 6.45) is 2.01. The average molecular weight is 272 g/mol. The summed E-state index contributed by atoms with van der Waals surface area (Å²) < 4.78 is 10.5. The Bertz CT molecular complexity index is 311. The van der Waals surface area contributed by atoms with Crippen molar-refractivity contribution in [1.82, 2.24) is 10.2 Å². The van der Waals surface area contributed by atoms with Gasteiger partial charge in [-0.15, -0.1) is 0 Å². The van der Waals surface area contributed by atoms with Gasteiger partial charge in [-0.25, -0.2) is 0 Å². The van der Waals surface area contributed by atoms with Crippen LogP contribution in [0.15, 0.2) is 0 Å². The first kappa shape index (κ1) is 16.4. The van der Waals surface area contributed by atoms with Gasteiger partial charge in [0.1, 0.15) is 5.54 Å². The zero-order chi connectivity index (χ0) is 14.6. The van der Waals surface area contributed by atoms with E-state index in [1.54, 1.807) is 7.05 Å². The maximum atomic E-state index is 11.9. The monoisotopic (exact) mass is 272 g/mol. The van der Waals surface area contributed by atoms with Crippen LogP contribution in [0.4, 0.5) is 0 Å². The number of ether oxygens (including phenoxy) is 2. The van der Waals surface area contributed by atoms with Crippen molar-refractivity contribution >= 4 is 5.97 Å². The molecule has 1 aliphatic heterocycles. The van der Waals surface area contributed by atoms with E-state index in [4.69, 9.17) is 9.47 Å². The molecule has 1 N–H and O–H groups in total. The number of likely N-dealkylation sites (N-methyl/N-ethyl adjacent to an activating group) is 2. The first-order valence-corrected chi connectivity index (χ1v) is 6.96. The summed E-state index contributed by atoms with van der Waals surface area (Å²) in [5, 5.41) is 3.08. The largest absolute Gasteiger partial charge is 0.468 e. The number of carbonyl (C=O) groups is 1. The Hall–Kier alpha value is -0.650. The molecule has 0 aliphatic carbocycles. The normalized spacial score (nSPS) is 28.2. The van der Waals surface area contributed by atoms with E-state index in [-0.39, 0.29) is 18.1 Å². The molecule has 1 aliphatic rings. The van der Waals surface area contributed by atoms with Gasteiger partial charge in [0.2, 0.25) is 0 Å². The smallest absolute Gasteiger partial charge is 0.325 e. The number of esters is 1. The Kier molecular flexibility index (Phi) is 5.77. The van der Waals surface area contributed by atoms with Crippen LogP contribution in [-0.2, 0) is 14.3 Å². The van der Waals surface area contributed by atoms with Crippen molar-refractivity contribution in [2.45, 2.75) is 57.3 Å². The zero-order valence-corrected chi connectivity index (χ0v) is 13.0. The fourth-order valence-corrected chi connectivity index (χ4v) is 2.83. The molecule has 5 heteroatoms. The van der Waals surface area contributed by atoms with E-state index in [2.05, 4.69) is 31.1 Å². The van der Waals surface area contributed by atoms with Crippen LogP contribution in [0.25, 0.3) is 0 Å². The third-order valence-corrected chi connectivity index (χ3v) is 4.45. The summed E-state index contributed by atoms with van der Waals surface area (Å²) in [5.74, 6) is -0.217. The fourth-order valence-electron chi connectivity index (χ4n) is 2.83. The lowest BCUT2D eigenvalue weighted by molar-refractivity contribution is -0.148. The highest BCUT2D eigenvalue weighted by Crippen LogP contribution is 2.24. The minimum absolute atomic E-state index is 0.217. The minimum atomic E-state index is -0.648. The Morgan fingerprint density at radius 1 is 1.63 bits per heavy atom. The first-order chi connectivity index (χ1) is 8.85. The minimum Gasteiger partial charge on any atom is -0.468 e. The van der Waals surface area contributed by atoms with Gasteiger partial charge in [-0.3, -0.25) is 9.69 Å². The third-order valence-electron chi connectivity index (χ3n) is 4.45. The zero-order valence-electron chi connectivity index (χ0n) is 13.0. The predicted octanol–water partition coefficient (Wildman–Crippen LogP) is 1.03. The van der Waals surface area contributed by atoms with Crippen molar-refractivity contribution in [2.75, 3.05) is 27.8 Å². The van der Waals surface area contributed by atoms with Crippen LogP contribution in [0.3, 0.4) is 0 Å². The van der Waals surface area contributed by atoms with E-state index in [1.807, 2.05) is 6.92 Å². The van der Waals surface area contributed by atoms with E-state index in [0.29, 0.717) is 12.5 Å². The van der Waals surface area contributed by atoms with Gasteiger partial charge in [-0.2, -0.15) is 0 Å². The lowest BCUT2D eigenvalue weighted by atomic mass is 9.92. The Balaban J connectivity index is 2.66. The molecule has 19 heavy (non-hydrogen) atoms. The van der Waals surface area contributed by atoms with Crippen LogP contribution in [-0.4, -0.2) is 62.4 Å². The highest BCUT2D eigenvalue weighted by Gasteiger charge is 2.38. The van der Waals surface area contributed by atoms with Crippen LogP contribution in [0, 0.1) is 0 Å². The number of hydrogen-bond acceptors (Lipinski definition) is 5. The molecular formula is C14H28N2O3. The maximum Gasteiger partial charge on any atom is 0.325 e. The van der Waals surface area contributed by atoms with Gasteiger partial charge in [0.05, 0.1) is 13.2 Å². The fraction of sp³-hybridized carbons (Fsp3) is 0.929. The third kappa shape index (κ3) is 3.68. The first-order valence-electron chi connectivity index (χ1n) is 6.96. The summed E-state index contributed by atoms with van der Waals surface area (Å²) >= 11 is 0. The van der Waals surface area contributed by atoms with E-state index in [9.17, 15) is 4.79 Å². The molecule has 5 nitrogen and oxygen atoms in total. The number of nitrogens with one attached hydrogen (secondary N) is 1. The predicted molar refractivity (Wildman–Crippen MR) is 75.1 cm³/mol. The molecule has 1 rings (SSSR count). The van der Waals surface area contributed by atoms with Crippen molar-refractivity contribution in [1.29, 1.82) is 0 Å². The van der Waals surface area contributed by atoms with E-state index < -0.39 is 5.54 Å². The standard InChI is InChI=1S/C14H28N2O3/c1-10(9-14(3,15-4)13(17)18-6)16(5)12-7-8-19-11(12)2/h10-12,15H,7-9H2,1-6H3.